The summed E-state index contributed by atoms with van der Waals surface area (Å²) in [5.74, 6) is 0.771. The Hall–Kier alpha value is -2.09. The summed E-state index contributed by atoms with van der Waals surface area (Å²) in [5, 5.41) is 5.75. The molecule has 0 radical (unpaired) electrons. The van der Waals surface area contributed by atoms with Gasteiger partial charge in [-0.25, -0.2) is 0 Å². The van der Waals surface area contributed by atoms with E-state index in [9.17, 15) is 4.79 Å². The Morgan fingerprint density at radius 2 is 1.88 bits per heavy atom. The number of anilines is 1. The first-order chi connectivity index (χ1) is 12.0. The zero-order chi connectivity index (χ0) is 18.2. The minimum absolute atomic E-state index is 0. The maximum absolute atomic E-state index is 11.7. The molecule has 0 aliphatic rings. The van der Waals surface area contributed by atoms with Crippen LogP contribution in [0.25, 0.3) is 0 Å². The normalized spacial score (nSPS) is 11.0. The van der Waals surface area contributed by atoms with Crippen LogP contribution in [0.2, 0.25) is 0 Å². The predicted molar refractivity (Wildman–Crippen MR) is 120 cm³/mol. The summed E-state index contributed by atoms with van der Waals surface area (Å²) in [5.41, 5.74) is 9.87. The van der Waals surface area contributed by atoms with Gasteiger partial charge in [0.2, 0.25) is 0 Å². The minimum Gasteiger partial charge on any atom is -0.370 e. The Morgan fingerprint density at radius 3 is 2.58 bits per heavy atom. The number of carbonyl (C=O) groups excluding carboxylic acids is 1. The quantitative estimate of drug-likeness (QED) is 0.345. The maximum atomic E-state index is 11.7. The second-order valence-electron chi connectivity index (χ2n) is 6.20. The fourth-order valence-electron chi connectivity index (χ4n) is 2.48. The average molecular weight is 466 g/mol. The van der Waals surface area contributed by atoms with Crippen molar-refractivity contribution in [1.29, 1.82) is 0 Å². The van der Waals surface area contributed by atoms with Gasteiger partial charge in [0.05, 0.1) is 0 Å². The SMILES string of the molecule is CNC(=O)c1cccc(CCN=C(N)Nc2cccc(C(C)C)c2)c1.I. The lowest BCUT2D eigenvalue weighted by molar-refractivity contribution is 0.0963. The summed E-state index contributed by atoms with van der Waals surface area (Å²) < 4.78 is 0. The van der Waals surface area contributed by atoms with Crippen LogP contribution in [0.1, 0.15) is 41.3 Å². The fourth-order valence-corrected chi connectivity index (χ4v) is 2.48. The van der Waals surface area contributed by atoms with E-state index in [-0.39, 0.29) is 29.9 Å². The molecule has 0 saturated carbocycles. The second kappa shape index (κ2) is 10.8. The van der Waals surface area contributed by atoms with Crippen molar-refractivity contribution in [3.05, 3.63) is 65.2 Å². The number of guanidine groups is 1. The number of rotatable bonds is 6. The summed E-state index contributed by atoms with van der Waals surface area (Å²) in [6, 6.07) is 15.7. The van der Waals surface area contributed by atoms with Crippen molar-refractivity contribution in [3.8, 4) is 0 Å². The Morgan fingerprint density at radius 1 is 1.15 bits per heavy atom. The van der Waals surface area contributed by atoms with Gasteiger partial charge >= 0.3 is 0 Å². The number of nitrogens with two attached hydrogens (primary N) is 1. The highest BCUT2D eigenvalue weighted by Gasteiger charge is 2.04. The van der Waals surface area contributed by atoms with E-state index < -0.39 is 0 Å². The molecule has 0 aliphatic heterocycles. The summed E-state index contributed by atoms with van der Waals surface area (Å²) in [6.07, 6.45) is 0.721. The number of hydrogen-bond donors (Lipinski definition) is 3. The molecule has 0 spiro atoms. The largest absolute Gasteiger partial charge is 0.370 e. The molecule has 6 heteroatoms. The third-order valence-electron chi connectivity index (χ3n) is 3.92. The van der Waals surface area contributed by atoms with Crippen molar-refractivity contribution in [2.75, 3.05) is 18.9 Å². The molecule has 0 aromatic heterocycles. The standard InChI is InChI=1S/C20H26N4O.HI/c1-14(2)16-7-5-9-18(13-16)24-20(21)23-11-10-15-6-4-8-17(12-15)19(25)22-3;/h4-9,12-14H,10-11H2,1-3H3,(H,22,25)(H3,21,23,24);1H. The van der Waals surface area contributed by atoms with Gasteiger partial charge in [-0.1, -0.05) is 38.1 Å². The summed E-state index contributed by atoms with van der Waals surface area (Å²) in [4.78, 5) is 16.0. The number of nitrogens with one attached hydrogen (secondary N) is 2. The molecular weight excluding hydrogens is 439 g/mol. The van der Waals surface area contributed by atoms with E-state index >= 15 is 0 Å². The van der Waals surface area contributed by atoms with Crippen LogP contribution in [-0.4, -0.2) is 25.5 Å². The lowest BCUT2D eigenvalue weighted by Gasteiger charge is -2.10. The van der Waals surface area contributed by atoms with Crippen LogP contribution in [-0.2, 0) is 6.42 Å². The molecule has 0 atom stereocenters. The lowest BCUT2D eigenvalue weighted by atomic mass is 10.0. The third-order valence-corrected chi connectivity index (χ3v) is 3.92. The number of halogens is 1. The minimum atomic E-state index is -0.0865. The van der Waals surface area contributed by atoms with E-state index in [2.05, 4.69) is 41.6 Å². The zero-order valence-electron chi connectivity index (χ0n) is 15.5. The molecule has 0 aliphatic carbocycles. The van der Waals surface area contributed by atoms with Crippen LogP contribution in [0.4, 0.5) is 5.69 Å². The summed E-state index contributed by atoms with van der Waals surface area (Å²) in [6.45, 7) is 4.87. The van der Waals surface area contributed by atoms with E-state index in [0.29, 0.717) is 24.0 Å². The number of aliphatic imine (C=N–C) groups is 1. The highest BCUT2D eigenvalue weighted by atomic mass is 127. The van der Waals surface area contributed by atoms with Crippen LogP contribution in [0.15, 0.2) is 53.5 Å². The molecule has 26 heavy (non-hydrogen) atoms. The van der Waals surface area contributed by atoms with Gasteiger partial charge in [-0.15, -0.1) is 24.0 Å². The smallest absolute Gasteiger partial charge is 0.251 e. The first kappa shape index (κ1) is 22.0. The molecule has 0 saturated heterocycles. The van der Waals surface area contributed by atoms with Crippen LogP contribution in [0.5, 0.6) is 0 Å². The molecular formula is C20H27IN4O. The lowest BCUT2D eigenvalue weighted by Crippen LogP contribution is -2.23. The van der Waals surface area contributed by atoms with Crippen LogP contribution >= 0.6 is 24.0 Å². The molecule has 0 unspecified atom stereocenters. The molecule has 0 heterocycles. The molecule has 2 aromatic rings. The average Bonchev–Trinajstić information content (AvgIpc) is 2.61. The van der Waals surface area contributed by atoms with Crippen molar-refractivity contribution < 1.29 is 4.79 Å². The maximum Gasteiger partial charge on any atom is 0.251 e. The predicted octanol–water partition coefficient (Wildman–Crippen LogP) is 3.76. The Bertz CT molecular complexity index is 759. The number of amides is 1. The van der Waals surface area contributed by atoms with Crippen molar-refractivity contribution in [3.63, 3.8) is 0 Å². The third kappa shape index (κ3) is 6.67. The van der Waals surface area contributed by atoms with Gasteiger partial charge in [-0.3, -0.25) is 9.79 Å². The Kier molecular flexibility index (Phi) is 9.12. The van der Waals surface area contributed by atoms with Crippen LogP contribution < -0.4 is 16.4 Å². The van der Waals surface area contributed by atoms with Crippen molar-refractivity contribution >= 4 is 41.5 Å². The van der Waals surface area contributed by atoms with Gasteiger partial charge in [0.1, 0.15) is 0 Å². The van der Waals surface area contributed by atoms with E-state index in [0.717, 1.165) is 17.7 Å². The molecule has 0 fully saturated rings. The molecule has 4 N–H and O–H groups in total. The number of hydrogen-bond acceptors (Lipinski definition) is 2. The summed E-state index contributed by atoms with van der Waals surface area (Å²) >= 11 is 0. The van der Waals surface area contributed by atoms with Gasteiger partial charge < -0.3 is 16.4 Å². The van der Waals surface area contributed by atoms with E-state index in [1.54, 1.807) is 13.1 Å². The van der Waals surface area contributed by atoms with Crippen LogP contribution in [0, 0.1) is 0 Å². The fraction of sp³-hybridized carbons (Fsp3) is 0.300. The van der Waals surface area contributed by atoms with E-state index in [1.807, 2.05) is 30.3 Å². The van der Waals surface area contributed by atoms with Crippen molar-refractivity contribution in [1.82, 2.24) is 5.32 Å². The Labute approximate surface area is 172 Å². The van der Waals surface area contributed by atoms with Gasteiger partial charge in [0.15, 0.2) is 5.96 Å². The summed E-state index contributed by atoms with van der Waals surface area (Å²) in [7, 11) is 1.62. The number of benzene rings is 2. The molecule has 2 aromatic carbocycles. The van der Waals surface area contributed by atoms with Crippen molar-refractivity contribution in [2.45, 2.75) is 26.2 Å². The van der Waals surface area contributed by atoms with Crippen LogP contribution in [0.3, 0.4) is 0 Å². The van der Waals surface area contributed by atoms with Gasteiger partial charge in [-0.05, 0) is 47.7 Å². The molecule has 2 rings (SSSR count). The Balaban J connectivity index is 0.00000338. The highest BCUT2D eigenvalue weighted by molar-refractivity contribution is 14.0. The monoisotopic (exact) mass is 466 g/mol. The number of nitrogens with zero attached hydrogens (tertiary/aromatic N) is 1. The van der Waals surface area contributed by atoms with E-state index in [4.69, 9.17) is 5.73 Å². The first-order valence-corrected chi connectivity index (χ1v) is 8.47. The first-order valence-electron chi connectivity index (χ1n) is 8.47. The zero-order valence-corrected chi connectivity index (χ0v) is 17.8. The highest BCUT2D eigenvalue weighted by Crippen LogP contribution is 2.18. The van der Waals surface area contributed by atoms with Gasteiger partial charge in [-0.2, -0.15) is 0 Å². The van der Waals surface area contributed by atoms with Gasteiger partial charge in [0, 0.05) is 24.8 Å². The topological polar surface area (TPSA) is 79.5 Å². The van der Waals surface area contributed by atoms with Crippen molar-refractivity contribution in [2.24, 2.45) is 10.7 Å². The number of carbonyl (C=O) groups is 1. The molecule has 5 nitrogen and oxygen atoms in total. The molecule has 140 valence electrons. The van der Waals surface area contributed by atoms with Gasteiger partial charge in [0.25, 0.3) is 5.91 Å². The molecule has 0 bridgehead atoms. The molecule has 1 amide bonds. The second-order valence-corrected chi connectivity index (χ2v) is 6.20. The van der Waals surface area contributed by atoms with E-state index in [1.165, 1.54) is 5.56 Å².